The molecule has 0 fully saturated rings. The first-order valence-electron chi connectivity index (χ1n) is 6.38. The minimum atomic E-state index is -4.50. The standard InChI is InChI=1S/C15H8ClF3N2OS/c16-10-5-2-6-11-12(10)20-14(23-11)21-13(22)8-3-1-4-9(7-8)15(17,18)19/h1-7H,(H,20,21,22). The molecule has 0 aliphatic rings. The minimum absolute atomic E-state index is 0.0924. The summed E-state index contributed by atoms with van der Waals surface area (Å²) in [5.74, 6) is -0.661. The zero-order chi connectivity index (χ0) is 16.6. The summed E-state index contributed by atoms with van der Waals surface area (Å²) in [5.41, 5.74) is -0.429. The molecule has 0 radical (unpaired) electrons. The number of nitrogens with zero attached hydrogens (tertiary/aromatic N) is 1. The van der Waals surface area contributed by atoms with Crippen LogP contribution in [0.1, 0.15) is 15.9 Å². The van der Waals surface area contributed by atoms with Crippen LogP contribution in [-0.2, 0) is 6.18 Å². The van der Waals surface area contributed by atoms with Gasteiger partial charge < -0.3 is 0 Å². The summed E-state index contributed by atoms with van der Waals surface area (Å²) in [5, 5.41) is 3.21. The van der Waals surface area contributed by atoms with Crippen LogP contribution in [0.2, 0.25) is 5.02 Å². The molecule has 0 unspecified atom stereocenters. The van der Waals surface area contributed by atoms with E-state index in [1.54, 1.807) is 18.2 Å². The van der Waals surface area contributed by atoms with E-state index in [9.17, 15) is 18.0 Å². The van der Waals surface area contributed by atoms with Crippen molar-refractivity contribution in [1.29, 1.82) is 0 Å². The van der Waals surface area contributed by atoms with E-state index in [2.05, 4.69) is 10.3 Å². The second-order valence-corrected chi connectivity index (χ2v) is 6.08. The monoisotopic (exact) mass is 356 g/mol. The SMILES string of the molecule is O=C(Nc1nc2c(Cl)cccc2s1)c1cccc(C(F)(F)F)c1. The second kappa shape index (κ2) is 5.82. The lowest BCUT2D eigenvalue weighted by Crippen LogP contribution is -2.13. The van der Waals surface area contributed by atoms with Gasteiger partial charge in [0.1, 0.15) is 5.52 Å². The molecule has 3 rings (SSSR count). The van der Waals surface area contributed by atoms with E-state index in [0.29, 0.717) is 10.5 Å². The highest BCUT2D eigenvalue weighted by molar-refractivity contribution is 7.22. The molecule has 0 saturated carbocycles. The maximum Gasteiger partial charge on any atom is 0.416 e. The van der Waals surface area contributed by atoms with Crippen molar-refractivity contribution in [2.75, 3.05) is 5.32 Å². The Morgan fingerprint density at radius 1 is 1.17 bits per heavy atom. The Morgan fingerprint density at radius 2 is 1.91 bits per heavy atom. The lowest BCUT2D eigenvalue weighted by Gasteiger charge is -2.08. The van der Waals surface area contributed by atoms with Gasteiger partial charge in [0.15, 0.2) is 5.13 Å². The Morgan fingerprint density at radius 3 is 2.61 bits per heavy atom. The number of hydrogen-bond acceptors (Lipinski definition) is 3. The fourth-order valence-electron chi connectivity index (χ4n) is 1.97. The highest BCUT2D eigenvalue weighted by Gasteiger charge is 2.30. The molecule has 1 heterocycles. The van der Waals surface area contributed by atoms with Gasteiger partial charge in [0.25, 0.3) is 5.91 Å². The van der Waals surface area contributed by atoms with Crippen molar-refractivity contribution in [3.63, 3.8) is 0 Å². The van der Waals surface area contributed by atoms with E-state index in [-0.39, 0.29) is 10.7 Å². The molecular formula is C15H8ClF3N2OS. The van der Waals surface area contributed by atoms with Gasteiger partial charge in [-0.15, -0.1) is 0 Å². The van der Waals surface area contributed by atoms with Crippen LogP contribution >= 0.6 is 22.9 Å². The van der Waals surface area contributed by atoms with Gasteiger partial charge in [0.05, 0.1) is 15.3 Å². The summed E-state index contributed by atoms with van der Waals surface area (Å²) in [6.45, 7) is 0. The second-order valence-electron chi connectivity index (χ2n) is 4.64. The van der Waals surface area contributed by atoms with Crippen molar-refractivity contribution >= 4 is 44.2 Å². The largest absolute Gasteiger partial charge is 0.416 e. The number of amides is 1. The molecule has 118 valence electrons. The fourth-order valence-corrected chi connectivity index (χ4v) is 3.14. The Hall–Kier alpha value is -2.12. The summed E-state index contributed by atoms with van der Waals surface area (Å²) in [7, 11) is 0. The number of hydrogen-bond donors (Lipinski definition) is 1. The predicted octanol–water partition coefficient (Wildman–Crippen LogP) is 5.22. The molecule has 1 N–H and O–H groups in total. The zero-order valence-electron chi connectivity index (χ0n) is 11.3. The van der Waals surface area contributed by atoms with Crippen molar-refractivity contribution in [3.05, 3.63) is 58.6 Å². The molecule has 0 atom stereocenters. The number of alkyl halides is 3. The topological polar surface area (TPSA) is 42.0 Å². The number of nitrogens with one attached hydrogen (secondary N) is 1. The number of para-hydroxylation sites is 1. The Balaban J connectivity index is 1.87. The third-order valence-electron chi connectivity index (χ3n) is 3.04. The molecule has 23 heavy (non-hydrogen) atoms. The van der Waals surface area contributed by atoms with Crippen LogP contribution in [0.15, 0.2) is 42.5 Å². The number of rotatable bonds is 2. The van der Waals surface area contributed by atoms with Crippen molar-refractivity contribution in [1.82, 2.24) is 4.98 Å². The molecule has 2 aromatic carbocycles. The Labute approximate surface area is 137 Å². The van der Waals surface area contributed by atoms with Crippen molar-refractivity contribution < 1.29 is 18.0 Å². The number of halogens is 4. The Kier molecular flexibility index (Phi) is 3.99. The molecular weight excluding hydrogens is 349 g/mol. The van der Waals surface area contributed by atoms with Crippen molar-refractivity contribution in [2.24, 2.45) is 0 Å². The number of carbonyl (C=O) groups is 1. The van der Waals surface area contributed by atoms with E-state index in [4.69, 9.17) is 11.6 Å². The molecule has 0 aliphatic heterocycles. The van der Waals surface area contributed by atoms with Crippen molar-refractivity contribution in [3.8, 4) is 0 Å². The average molecular weight is 357 g/mol. The summed E-state index contributed by atoms with van der Waals surface area (Å²) in [6, 6.07) is 9.42. The van der Waals surface area contributed by atoms with Gasteiger partial charge in [-0.25, -0.2) is 4.98 Å². The average Bonchev–Trinajstić information content (AvgIpc) is 2.90. The molecule has 1 amide bonds. The molecule has 0 aliphatic carbocycles. The first kappa shape index (κ1) is 15.8. The highest BCUT2D eigenvalue weighted by atomic mass is 35.5. The van der Waals surface area contributed by atoms with Crippen LogP contribution in [0.25, 0.3) is 10.2 Å². The quantitative estimate of drug-likeness (QED) is 0.684. The smallest absolute Gasteiger partial charge is 0.298 e. The highest BCUT2D eigenvalue weighted by Crippen LogP contribution is 2.32. The molecule has 1 aromatic heterocycles. The zero-order valence-corrected chi connectivity index (χ0v) is 12.9. The van der Waals surface area contributed by atoms with Gasteiger partial charge in [0, 0.05) is 5.56 Å². The van der Waals surface area contributed by atoms with E-state index >= 15 is 0 Å². The molecule has 8 heteroatoms. The van der Waals surface area contributed by atoms with Crippen LogP contribution < -0.4 is 5.32 Å². The van der Waals surface area contributed by atoms with Gasteiger partial charge in [-0.2, -0.15) is 13.2 Å². The molecule has 0 saturated heterocycles. The van der Waals surface area contributed by atoms with Crippen LogP contribution in [0, 0.1) is 0 Å². The predicted molar refractivity (Wildman–Crippen MR) is 84.0 cm³/mol. The third kappa shape index (κ3) is 3.30. The van der Waals surface area contributed by atoms with Crippen LogP contribution in [-0.4, -0.2) is 10.9 Å². The fraction of sp³-hybridized carbons (Fsp3) is 0.0667. The summed E-state index contributed by atoms with van der Waals surface area (Å²) in [6.07, 6.45) is -4.50. The molecule has 3 nitrogen and oxygen atoms in total. The number of thiazole rings is 1. The maximum atomic E-state index is 12.7. The maximum absolute atomic E-state index is 12.7. The number of carbonyl (C=O) groups excluding carboxylic acids is 1. The third-order valence-corrected chi connectivity index (χ3v) is 4.28. The van der Waals surface area contributed by atoms with E-state index in [0.717, 1.165) is 16.8 Å². The van der Waals surface area contributed by atoms with Gasteiger partial charge in [-0.05, 0) is 30.3 Å². The summed E-state index contributed by atoms with van der Waals surface area (Å²) >= 11 is 7.20. The normalized spacial score (nSPS) is 11.7. The number of anilines is 1. The van der Waals surface area contributed by atoms with Crippen molar-refractivity contribution in [2.45, 2.75) is 6.18 Å². The van der Waals surface area contributed by atoms with Crippen LogP contribution in [0.4, 0.5) is 18.3 Å². The number of aromatic nitrogens is 1. The van der Waals surface area contributed by atoms with E-state index in [1.165, 1.54) is 23.5 Å². The number of fused-ring (bicyclic) bond motifs is 1. The van der Waals surface area contributed by atoms with Crippen LogP contribution in [0.3, 0.4) is 0 Å². The first-order valence-corrected chi connectivity index (χ1v) is 7.58. The Bertz CT molecular complexity index is 892. The molecule has 0 spiro atoms. The van der Waals surface area contributed by atoms with E-state index in [1.807, 2.05) is 0 Å². The minimum Gasteiger partial charge on any atom is -0.298 e. The first-order chi connectivity index (χ1) is 10.8. The molecule has 0 bridgehead atoms. The van der Waals surface area contributed by atoms with Gasteiger partial charge in [-0.3, -0.25) is 10.1 Å². The lowest BCUT2D eigenvalue weighted by molar-refractivity contribution is -0.137. The molecule has 3 aromatic rings. The van der Waals surface area contributed by atoms with Gasteiger partial charge >= 0.3 is 6.18 Å². The summed E-state index contributed by atoms with van der Waals surface area (Å²) in [4.78, 5) is 16.3. The van der Waals surface area contributed by atoms with E-state index < -0.39 is 17.6 Å². The lowest BCUT2D eigenvalue weighted by atomic mass is 10.1. The van der Waals surface area contributed by atoms with Crippen LogP contribution in [0.5, 0.6) is 0 Å². The van der Waals surface area contributed by atoms with Gasteiger partial charge in [0.2, 0.25) is 0 Å². The summed E-state index contributed by atoms with van der Waals surface area (Å²) < 4.78 is 38.8. The van der Waals surface area contributed by atoms with Gasteiger partial charge in [-0.1, -0.05) is 35.1 Å². The number of benzene rings is 2.